The highest BCUT2D eigenvalue weighted by Gasteiger charge is 2.32. The molecule has 1 saturated heterocycles. The molecule has 2 amide bonds. The zero-order valence-corrected chi connectivity index (χ0v) is 16.2. The summed E-state index contributed by atoms with van der Waals surface area (Å²) in [5.41, 5.74) is 0. The molecule has 1 aliphatic heterocycles. The van der Waals surface area contributed by atoms with Crippen molar-refractivity contribution in [3.05, 3.63) is 0 Å². The number of nitrogens with zero attached hydrogens (tertiary/aromatic N) is 3. The molecular weight excluding hydrogens is 376 g/mol. The van der Waals surface area contributed by atoms with E-state index in [-0.39, 0.29) is 25.9 Å². The summed E-state index contributed by atoms with van der Waals surface area (Å²) in [6.45, 7) is 3.53. The van der Waals surface area contributed by atoms with Crippen LogP contribution in [0.25, 0.3) is 0 Å². The Morgan fingerprint density at radius 1 is 0.929 bits per heavy atom. The first-order chi connectivity index (χ1) is 13.5. The maximum atomic E-state index is 11.5. The van der Waals surface area contributed by atoms with Crippen molar-refractivity contribution in [1.82, 2.24) is 5.06 Å². The molecule has 2 N–H and O–H groups in total. The third kappa shape index (κ3) is 11.5. The Morgan fingerprint density at radius 2 is 1.39 bits per heavy atom. The average Bonchev–Trinajstić information content (AvgIpc) is 2.96. The number of azo groups is 1. The van der Waals surface area contributed by atoms with Crippen LogP contribution in [0, 0.1) is 0 Å². The summed E-state index contributed by atoms with van der Waals surface area (Å²) in [5.74, 6) is 3.61. The molecule has 0 radical (unpaired) electrons. The molecule has 0 atom stereocenters. The topological polar surface area (TPSA) is 142 Å². The molecule has 0 spiro atoms. The van der Waals surface area contributed by atoms with E-state index in [0.29, 0.717) is 57.9 Å². The van der Waals surface area contributed by atoms with Crippen LogP contribution in [0.1, 0.15) is 19.3 Å². The normalized spacial score (nSPS) is 14.8. The largest absolute Gasteiger partial charge is 0.378 e. The standard InChI is InChI=1S/C16H29N4O8/c1-19(17)18-5-7-25-9-11-27-13-12-26-10-8-24-6-4-16(23)28-20-14(21)2-3-15(20)22/h2-13H2,1H3,(H2,17,18)/q+1. The van der Waals surface area contributed by atoms with Gasteiger partial charge in [0.15, 0.2) is 7.05 Å². The van der Waals surface area contributed by atoms with E-state index in [0.717, 1.165) is 0 Å². The van der Waals surface area contributed by atoms with Crippen LogP contribution in [0.2, 0.25) is 0 Å². The fraction of sp³-hybridized carbons (Fsp3) is 0.812. The van der Waals surface area contributed by atoms with Crippen LogP contribution in [0.3, 0.4) is 0 Å². The van der Waals surface area contributed by atoms with Crippen molar-refractivity contribution in [2.45, 2.75) is 19.3 Å². The van der Waals surface area contributed by atoms with Gasteiger partial charge in [0.05, 0.1) is 59.3 Å². The van der Waals surface area contributed by atoms with Crippen LogP contribution < -0.4 is 5.84 Å². The van der Waals surface area contributed by atoms with E-state index in [1.165, 1.54) is 4.81 Å². The Balaban J connectivity index is 1.82. The molecule has 1 rings (SSSR count). The lowest BCUT2D eigenvalue weighted by molar-refractivity contribution is -0.579. The molecule has 0 aromatic heterocycles. The maximum Gasteiger partial charge on any atom is 0.335 e. The zero-order chi connectivity index (χ0) is 20.6. The first-order valence-electron chi connectivity index (χ1n) is 9.04. The predicted molar refractivity (Wildman–Crippen MR) is 92.7 cm³/mol. The number of hydrogen-bond acceptors (Lipinski definition) is 9. The Bertz CT molecular complexity index is 509. The first kappa shape index (κ1) is 23.9. The van der Waals surface area contributed by atoms with Crippen LogP contribution >= 0.6 is 0 Å². The van der Waals surface area contributed by atoms with Crippen molar-refractivity contribution in [1.29, 1.82) is 0 Å². The Labute approximate surface area is 163 Å². The molecular formula is C16H29N4O8+. The van der Waals surface area contributed by atoms with E-state index in [1.807, 2.05) is 0 Å². The molecule has 12 heteroatoms. The second kappa shape index (κ2) is 14.9. The van der Waals surface area contributed by atoms with Gasteiger partial charge in [0, 0.05) is 12.8 Å². The van der Waals surface area contributed by atoms with E-state index < -0.39 is 17.8 Å². The summed E-state index contributed by atoms with van der Waals surface area (Å²) in [7, 11) is 1.64. The molecule has 0 saturated carbocycles. The molecule has 0 aromatic rings. The number of ether oxygens (including phenoxy) is 4. The summed E-state index contributed by atoms with van der Waals surface area (Å²) in [6, 6.07) is 0. The van der Waals surface area contributed by atoms with Gasteiger partial charge in [0.1, 0.15) is 6.54 Å². The highest BCUT2D eigenvalue weighted by Crippen LogP contribution is 2.12. The Hall–Kier alpha value is -2.15. The second-order valence-electron chi connectivity index (χ2n) is 5.68. The number of hydrazine groups is 1. The molecule has 1 heterocycles. The highest BCUT2D eigenvalue weighted by atomic mass is 16.7. The summed E-state index contributed by atoms with van der Waals surface area (Å²) in [5, 5.41) is 4.43. The molecule has 12 nitrogen and oxygen atoms in total. The highest BCUT2D eigenvalue weighted by molar-refractivity contribution is 6.01. The van der Waals surface area contributed by atoms with Gasteiger partial charge < -0.3 is 23.8 Å². The predicted octanol–water partition coefficient (Wildman–Crippen LogP) is -0.982. The van der Waals surface area contributed by atoms with Crippen LogP contribution in [0.4, 0.5) is 0 Å². The number of carbonyl (C=O) groups excluding carboxylic acids is 3. The van der Waals surface area contributed by atoms with Gasteiger partial charge in [-0.3, -0.25) is 9.59 Å². The lowest BCUT2D eigenvalue weighted by atomic mass is 10.4. The van der Waals surface area contributed by atoms with E-state index in [2.05, 4.69) is 5.11 Å². The van der Waals surface area contributed by atoms with E-state index in [1.54, 1.807) is 7.05 Å². The van der Waals surface area contributed by atoms with Gasteiger partial charge >= 0.3 is 5.97 Å². The molecule has 1 aliphatic rings. The van der Waals surface area contributed by atoms with Crippen LogP contribution in [-0.2, 0) is 38.2 Å². The van der Waals surface area contributed by atoms with Crippen LogP contribution in [0.5, 0.6) is 0 Å². The monoisotopic (exact) mass is 405 g/mol. The fourth-order valence-electron chi connectivity index (χ4n) is 1.99. The van der Waals surface area contributed by atoms with Gasteiger partial charge in [-0.05, 0) is 9.92 Å². The lowest BCUT2D eigenvalue weighted by Gasteiger charge is -2.12. The summed E-state index contributed by atoms with van der Waals surface area (Å²) in [6.07, 6.45) is 0.0774. The van der Waals surface area contributed by atoms with Gasteiger partial charge in [-0.25, -0.2) is 4.79 Å². The summed E-state index contributed by atoms with van der Waals surface area (Å²) >= 11 is 0. The Kier molecular flexibility index (Phi) is 12.7. The summed E-state index contributed by atoms with van der Waals surface area (Å²) in [4.78, 5) is 40.1. The molecule has 0 aromatic carbocycles. The van der Waals surface area contributed by atoms with Crippen molar-refractivity contribution < 1.29 is 43.0 Å². The van der Waals surface area contributed by atoms with Crippen molar-refractivity contribution in [3.63, 3.8) is 0 Å². The summed E-state index contributed by atoms with van der Waals surface area (Å²) < 4.78 is 21.1. The van der Waals surface area contributed by atoms with Crippen molar-refractivity contribution in [3.8, 4) is 0 Å². The maximum absolute atomic E-state index is 11.5. The van der Waals surface area contributed by atoms with E-state index in [4.69, 9.17) is 29.6 Å². The van der Waals surface area contributed by atoms with Gasteiger partial charge in [-0.1, -0.05) is 0 Å². The first-order valence-corrected chi connectivity index (χ1v) is 9.04. The third-order valence-corrected chi connectivity index (χ3v) is 3.32. The minimum Gasteiger partial charge on any atom is -0.378 e. The number of hydroxylamine groups is 2. The molecule has 160 valence electrons. The zero-order valence-electron chi connectivity index (χ0n) is 16.2. The van der Waals surface area contributed by atoms with Crippen LogP contribution in [0.15, 0.2) is 5.11 Å². The number of nitrogens with two attached hydrogens (primary N) is 1. The molecule has 0 unspecified atom stereocenters. The van der Waals surface area contributed by atoms with Crippen LogP contribution in [-0.4, -0.2) is 94.1 Å². The van der Waals surface area contributed by atoms with E-state index in [9.17, 15) is 14.4 Å². The van der Waals surface area contributed by atoms with Gasteiger partial charge in [0.25, 0.3) is 11.8 Å². The number of rotatable bonds is 16. The number of carbonyl (C=O) groups is 3. The van der Waals surface area contributed by atoms with Crippen molar-refractivity contribution in [2.24, 2.45) is 11.0 Å². The smallest absolute Gasteiger partial charge is 0.335 e. The SMILES string of the molecule is C[N+](N)=NCCOCCOCCOCCOCCC(=O)ON1C(=O)CCC1=O. The van der Waals surface area contributed by atoms with Gasteiger partial charge in [0.2, 0.25) is 0 Å². The van der Waals surface area contributed by atoms with Gasteiger partial charge in [-0.2, -0.15) is 5.84 Å². The number of imide groups is 1. The number of hydrogen-bond donors (Lipinski definition) is 1. The van der Waals surface area contributed by atoms with Crippen molar-refractivity contribution in [2.75, 3.05) is 66.4 Å². The fourth-order valence-corrected chi connectivity index (χ4v) is 1.99. The quantitative estimate of drug-likeness (QED) is 0.0856. The third-order valence-electron chi connectivity index (χ3n) is 3.32. The molecule has 28 heavy (non-hydrogen) atoms. The molecule has 0 bridgehead atoms. The lowest BCUT2D eigenvalue weighted by Crippen LogP contribution is -2.32. The molecule has 0 aliphatic carbocycles. The minimum absolute atomic E-state index is 0.0605. The second-order valence-corrected chi connectivity index (χ2v) is 5.68. The minimum atomic E-state index is -0.691. The van der Waals surface area contributed by atoms with Crippen molar-refractivity contribution >= 4 is 17.8 Å². The van der Waals surface area contributed by atoms with E-state index >= 15 is 0 Å². The Morgan fingerprint density at radius 3 is 1.89 bits per heavy atom. The van der Waals surface area contributed by atoms with Gasteiger partial charge in [-0.15, -0.1) is 5.06 Å². The number of amides is 2. The molecule has 1 fully saturated rings. The average molecular weight is 405 g/mol.